The van der Waals surface area contributed by atoms with Crippen molar-refractivity contribution >= 4 is 18.3 Å². The van der Waals surface area contributed by atoms with E-state index in [9.17, 15) is 9.18 Å². The summed E-state index contributed by atoms with van der Waals surface area (Å²) < 4.78 is 14.6. The number of hydrogen-bond donors (Lipinski definition) is 1. The molecule has 1 amide bonds. The molecule has 2 aromatic rings. The molecule has 2 unspecified atom stereocenters. The molecule has 128 valence electrons. The minimum absolute atomic E-state index is 0. The van der Waals surface area contributed by atoms with Crippen LogP contribution in [0.3, 0.4) is 0 Å². The predicted octanol–water partition coefficient (Wildman–Crippen LogP) is 2.40. The predicted molar refractivity (Wildman–Crippen MR) is 91.2 cm³/mol. The molecule has 1 N–H and O–H groups in total. The van der Waals surface area contributed by atoms with Gasteiger partial charge in [0, 0.05) is 31.4 Å². The van der Waals surface area contributed by atoms with E-state index in [-0.39, 0.29) is 24.1 Å². The van der Waals surface area contributed by atoms with E-state index in [1.165, 1.54) is 18.6 Å². The summed E-state index contributed by atoms with van der Waals surface area (Å²) in [5.74, 6) is -0.315. The highest BCUT2D eigenvalue weighted by Gasteiger charge is 2.32. The summed E-state index contributed by atoms with van der Waals surface area (Å²) in [6.07, 6.45) is 5.09. The van der Waals surface area contributed by atoms with Crippen molar-refractivity contribution < 1.29 is 9.18 Å². The van der Waals surface area contributed by atoms with Gasteiger partial charge in [-0.3, -0.25) is 4.79 Å². The maximum Gasteiger partial charge on any atom is 0.274 e. The molecule has 2 saturated heterocycles. The molecule has 2 aliphatic heterocycles. The zero-order chi connectivity index (χ0) is 15.8. The Labute approximate surface area is 146 Å². The fourth-order valence-electron chi connectivity index (χ4n) is 3.47. The summed E-state index contributed by atoms with van der Waals surface area (Å²) in [6, 6.07) is 8.74. The third-order valence-electron chi connectivity index (χ3n) is 4.71. The zero-order valence-corrected chi connectivity index (χ0v) is 14.0. The van der Waals surface area contributed by atoms with Crippen molar-refractivity contribution in [3.63, 3.8) is 0 Å². The molecule has 2 bridgehead atoms. The molecular formula is C17H20ClFN4O. The van der Waals surface area contributed by atoms with Gasteiger partial charge in [0.1, 0.15) is 5.82 Å². The Kier molecular flexibility index (Phi) is 4.87. The molecule has 0 aliphatic carbocycles. The lowest BCUT2D eigenvalue weighted by Gasteiger charge is -2.23. The molecule has 24 heavy (non-hydrogen) atoms. The van der Waals surface area contributed by atoms with Crippen molar-refractivity contribution in [1.29, 1.82) is 0 Å². The number of hydrogen-bond acceptors (Lipinski definition) is 3. The number of carbonyl (C=O) groups is 1. The molecule has 1 aromatic heterocycles. The number of nitrogens with one attached hydrogen (secondary N) is 1. The van der Waals surface area contributed by atoms with Gasteiger partial charge in [0.05, 0.1) is 5.69 Å². The molecule has 2 atom stereocenters. The van der Waals surface area contributed by atoms with E-state index in [0.29, 0.717) is 17.8 Å². The fourth-order valence-corrected chi connectivity index (χ4v) is 3.47. The van der Waals surface area contributed by atoms with Crippen LogP contribution in [-0.4, -0.2) is 45.8 Å². The number of carbonyl (C=O) groups excluding carboxylic acids is 1. The topological polar surface area (TPSA) is 50.2 Å². The highest BCUT2D eigenvalue weighted by molar-refractivity contribution is 5.92. The second kappa shape index (κ2) is 6.91. The van der Waals surface area contributed by atoms with Crippen molar-refractivity contribution in [1.82, 2.24) is 20.0 Å². The molecule has 2 fully saturated rings. The first-order chi connectivity index (χ1) is 11.2. The van der Waals surface area contributed by atoms with E-state index in [4.69, 9.17) is 0 Å². The van der Waals surface area contributed by atoms with E-state index >= 15 is 0 Å². The number of aromatic nitrogens is 2. The second-order valence-electron chi connectivity index (χ2n) is 6.30. The van der Waals surface area contributed by atoms with E-state index in [1.54, 1.807) is 29.1 Å². The average molecular weight is 351 g/mol. The summed E-state index contributed by atoms with van der Waals surface area (Å²) >= 11 is 0. The van der Waals surface area contributed by atoms with Crippen LogP contribution in [0.25, 0.3) is 5.69 Å². The Balaban J connectivity index is 0.00000169. The first kappa shape index (κ1) is 16.9. The SMILES string of the molecule is Cl.O=C(c1ccn(-c2ccc(F)cc2)n1)N1CCC2CCC(C1)N2. The summed E-state index contributed by atoms with van der Waals surface area (Å²) in [7, 11) is 0. The smallest absolute Gasteiger partial charge is 0.274 e. The first-order valence-corrected chi connectivity index (χ1v) is 8.06. The van der Waals surface area contributed by atoms with Gasteiger partial charge in [-0.05, 0) is 49.6 Å². The maximum atomic E-state index is 13.0. The van der Waals surface area contributed by atoms with Crippen LogP contribution in [0.4, 0.5) is 4.39 Å². The van der Waals surface area contributed by atoms with Gasteiger partial charge in [-0.25, -0.2) is 9.07 Å². The number of benzene rings is 1. The number of nitrogens with zero attached hydrogens (tertiary/aromatic N) is 3. The van der Waals surface area contributed by atoms with Crippen LogP contribution in [0, 0.1) is 5.82 Å². The van der Waals surface area contributed by atoms with E-state index in [0.717, 1.165) is 31.6 Å². The first-order valence-electron chi connectivity index (χ1n) is 8.06. The molecule has 2 aliphatic rings. The van der Waals surface area contributed by atoms with Crippen LogP contribution < -0.4 is 5.32 Å². The van der Waals surface area contributed by atoms with E-state index < -0.39 is 0 Å². The van der Waals surface area contributed by atoms with Gasteiger partial charge in [0.15, 0.2) is 5.69 Å². The molecule has 0 radical (unpaired) electrons. The van der Waals surface area contributed by atoms with Gasteiger partial charge < -0.3 is 10.2 Å². The third-order valence-corrected chi connectivity index (χ3v) is 4.71. The summed E-state index contributed by atoms with van der Waals surface area (Å²) in [5, 5.41) is 7.93. The molecule has 4 rings (SSSR count). The standard InChI is InChI=1S/C17H19FN4O.ClH/c18-12-1-5-15(6-2-12)22-10-8-16(20-22)17(23)21-9-7-13-3-4-14(11-21)19-13;/h1-2,5-6,8,10,13-14,19H,3-4,7,9,11H2;1H. The van der Waals surface area contributed by atoms with Gasteiger partial charge in [-0.2, -0.15) is 5.10 Å². The minimum atomic E-state index is -0.288. The van der Waals surface area contributed by atoms with Gasteiger partial charge in [-0.1, -0.05) is 0 Å². The lowest BCUT2D eigenvalue weighted by Crippen LogP contribution is -2.39. The quantitative estimate of drug-likeness (QED) is 0.904. The summed E-state index contributed by atoms with van der Waals surface area (Å²) in [4.78, 5) is 14.6. The minimum Gasteiger partial charge on any atom is -0.336 e. The maximum absolute atomic E-state index is 13.0. The van der Waals surface area contributed by atoms with Crippen LogP contribution in [0.2, 0.25) is 0 Å². The molecular weight excluding hydrogens is 331 g/mol. The van der Waals surface area contributed by atoms with Gasteiger partial charge in [-0.15, -0.1) is 12.4 Å². The van der Waals surface area contributed by atoms with Gasteiger partial charge in [0.2, 0.25) is 0 Å². The molecule has 3 heterocycles. The summed E-state index contributed by atoms with van der Waals surface area (Å²) in [5.41, 5.74) is 1.18. The Bertz CT molecular complexity index is 718. The lowest BCUT2D eigenvalue weighted by molar-refractivity contribution is 0.0741. The monoisotopic (exact) mass is 350 g/mol. The number of likely N-dealkylation sites (tertiary alicyclic amines) is 1. The Morgan fingerprint density at radius 2 is 1.88 bits per heavy atom. The fraction of sp³-hybridized carbons (Fsp3) is 0.412. The number of fused-ring (bicyclic) bond motifs is 2. The highest BCUT2D eigenvalue weighted by atomic mass is 35.5. The van der Waals surface area contributed by atoms with Crippen molar-refractivity contribution in [3.8, 4) is 5.69 Å². The van der Waals surface area contributed by atoms with Crippen LogP contribution in [0.15, 0.2) is 36.5 Å². The van der Waals surface area contributed by atoms with E-state index in [1.807, 2.05) is 4.90 Å². The Morgan fingerprint density at radius 3 is 2.67 bits per heavy atom. The average Bonchev–Trinajstić information content (AvgIpc) is 3.14. The lowest BCUT2D eigenvalue weighted by atomic mass is 10.1. The van der Waals surface area contributed by atoms with Crippen LogP contribution in [0.1, 0.15) is 29.8 Å². The Morgan fingerprint density at radius 1 is 1.12 bits per heavy atom. The van der Waals surface area contributed by atoms with Crippen LogP contribution >= 0.6 is 12.4 Å². The summed E-state index contributed by atoms with van der Waals surface area (Å²) in [6.45, 7) is 1.52. The van der Waals surface area contributed by atoms with Gasteiger partial charge in [0.25, 0.3) is 5.91 Å². The second-order valence-corrected chi connectivity index (χ2v) is 6.30. The normalized spacial score (nSPS) is 22.8. The van der Waals surface area contributed by atoms with Crippen molar-refractivity contribution in [3.05, 3.63) is 48.0 Å². The number of halogens is 2. The molecule has 7 heteroatoms. The molecule has 1 aromatic carbocycles. The third kappa shape index (κ3) is 3.30. The Hall–Kier alpha value is -1.92. The van der Waals surface area contributed by atoms with Crippen molar-refractivity contribution in [2.75, 3.05) is 13.1 Å². The highest BCUT2D eigenvalue weighted by Crippen LogP contribution is 2.21. The van der Waals surface area contributed by atoms with Crippen LogP contribution in [0.5, 0.6) is 0 Å². The number of rotatable bonds is 2. The molecule has 0 saturated carbocycles. The van der Waals surface area contributed by atoms with Crippen LogP contribution in [-0.2, 0) is 0 Å². The molecule has 5 nitrogen and oxygen atoms in total. The largest absolute Gasteiger partial charge is 0.336 e. The van der Waals surface area contributed by atoms with Crippen molar-refractivity contribution in [2.24, 2.45) is 0 Å². The van der Waals surface area contributed by atoms with Gasteiger partial charge >= 0.3 is 0 Å². The zero-order valence-electron chi connectivity index (χ0n) is 13.2. The van der Waals surface area contributed by atoms with Crippen molar-refractivity contribution in [2.45, 2.75) is 31.3 Å². The van der Waals surface area contributed by atoms with E-state index in [2.05, 4.69) is 10.4 Å². The number of amides is 1. The molecule has 0 spiro atoms.